The molecule has 0 saturated carbocycles. The number of carboxylic acid groups (broad SMARTS) is 1. The first kappa shape index (κ1) is 29.8. The fourth-order valence-corrected chi connectivity index (χ4v) is 4.42. The number of hydrogen-bond donors (Lipinski definition) is 2. The van der Waals surface area contributed by atoms with Crippen molar-refractivity contribution >= 4 is 35.6 Å². The first-order chi connectivity index (χ1) is 19.0. The lowest BCUT2D eigenvalue weighted by Crippen LogP contribution is -2.32. The number of alkyl halides is 3. The highest BCUT2D eigenvalue weighted by Gasteiger charge is 2.45. The van der Waals surface area contributed by atoms with Crippen molar-refractivity contribution in [3.63, 3.8) is 0 Å². The van der Waals surface area contributed by atoms with Crippen LogP contribution >= 0.6 is 24.0 Å². The number of ether oxygens (including phenoxy) is 1. The minimum absolute atomic E-state index is 0. The van der Waals surface area contributed by atoms with E-state index in [1.807, 2.05) is 0 Å². The SMILES string of the molecule is Cc1ccn(-c2cc(Cl)ccc2C(Oc2nccn3c(-c4ccc(CC(N)C(=O)O)cc4)cnc23)C(F)(F)F)n1.Cl. The molecule has 5 aromatic rings. The van der Waals surface area contributed by atoms with Crippen LogP contribution in [0.1, 0.15) is 22.9 Å². The summed E-state index contributed by atoms with van der Waals surface area (Å²) in [4.78, 5) is 19.4. The Morgan fingerprint density at radius 1 is 1.12 bits per heavy atom. The predicted octanol–water partition coefficient (Wildman–Crippen LogP) is 5.60. The van der Waals surface area contributed by atoms with E-state index in [-0.39, 0.29) is 46.6 Å². The third-order valence-corrected chi connectivity index (χ3v) is 6.42. The monoisotopic (exact) mass is 606 g/mol. The van der Waals surface area contributed by atoms with Gasteiger partial charge in [-0.3, -0.25) is 9.20 Å². The Morgan fingerprint density at radius 3 is 2.49 bits per heavy atom. The predicted molar refractivity (Wildman–Crippen MR) is 148 cm³/mol. The molecule has 14 heteroatoms. The highest BCUT2D eigenvalue weighted by molar-refractivity contribution is 6.30. The number of hydrogen-bond acceptors (Lipinski definition) is 6. The average Bonchev–Trinajstić information content (AvgIpc) is 3.54. The summed E-state index contributed by atoms with van der Waals surface area (Å²) in [5, 5.41) is 13.5. The highest BCUT2D eigenvalue weighted by atomic mass is 35.5. The van der Waals surface area contributed by atoms with Gasteiger partial charge in [0.1, 0.15) is 6.04 Å². The average molecular weight is 607 g/mol. The molecular weight excluding hydrogens is 584 g/mol. The topological polar surface area (TPSA) is 121 Å². The number of imidazole rings is 1. The molecule has 5 rings (SSSR count). The van der Waals surface area contributed by atoms with Gasteiger partial charge in [0.2, 0.25) is 11.8 Å². The molecule has 41 heavy (non-hydrogen) atoms. The second kappa shape index (κ2) is 11.8. The van der Waals surface area contributed by atoms with Crippen molar-refractivity contribution < 1.29 is 27.8 Å². The number of benzene rings is 2. The zero-order valence-electron chi connectivity index (χ0n) is 21.3. The molecule has 0 saturated heterocycles. The number of aromatic nitrogens is 5. The van der Waals surface area contributed by atoms with Crippen LogP contribution in [0.15, 0.2) is 73.3 Å². The standard InChI is InChI=1S/C27H22ClF3N6O3.ClH/c1-15-8-10-37(35-15)21-13-18(28)6-7-19(21)23(27(29,30)31)40-25-24-34-14-22(36(24)11-9-33-25)17-4-2-16(3-5-17)12-20(32)26(38)39;/h2-11,13-14,20,23H,12,32H2,1H3,(H,38,39);1H. The summed E-state index contributed by atoms with van der Waals surface area (Å²) in [5.41, 5.74) is 8.19. The quantitative estimate of drug-likeness (QED) is 0.236. The first-order valence-electron chi connectivity index (χ1n) is 12.0. The van der Waals surface area contributed by atoms with E-state index in [2.05, 4.69) is 15.1 Å². The third-order valence-electron chi connectivity index (χ3n) is 6.19. The molecule has 0 spiro atoms. The second-order valence-corrected chi connectivity index (χ2v) is 9.50. The molecule has 0 aliphatic heterocycles. The number of rotatable bonds is 8. The minimum Gasteiger partial charge on any atom is -0.480 e. The van der Waals surface area contributed by atoms with E-state index in [9.17, 15) is 18.0 Å². The number of carboxylic acids is 1. The molecule has 3 N–H and O–H groups in total. The van der Waals surface area contributed by atoms with Crippen molar-refractivity contribution in [1.29, 1.82) is 0 Å². The maximum Gasteiger partial charge on any atom is 0.429 e. The number of nitrogens with two attached hydrogens (primary N) is 1. The van der Waals surface area contributed by atoms with Crippen molar-refractivity contribution in [2.75, 3.05) is 0 Å². The van der Waals surface area contributed by atoms with Gasteiger partial charge in [0.25, 0.3) is 5.88 Å². The minimum atomic E-state index is -4.82. The number of carbonyl (C=O) groups is 1. The van der Waals surface area contributed by atoms with Crippen LogP contribution in [0.4, 0.5) is 13.2 Å². The van der Waals surface area contributed by atoms with Gasteiger partial charge < -0.3 is 15.6 Å². The van der Waals surface area contributed by atoms with Gasteiger partial charge in [-0.15, -0.1) is 12.4 Å². The van der Waals surface area contributed by atoms with Crippen molar-refractivity contribution in [3.05, 3.63) is 95.2 Å². The van der Waals surface area contributed by atoms with Gasteiger partial charge in [0.15, 0.2) is 0 Å². The van der Waals surface area contributed by atoms with Gasteiger partial charge >= 0.3 is 12.1 Å². The maximum absolute atomic E-state index is 14.5. The van der Waals surface area contributed by atoms with E-state index in [1.54, 1.807) is 54.0 Å². The van der Waals surface area contributed by atoms with Crippen molar-refractivity contribution in [2.45, 2.75) is 31.7 Å². The summed E-state index contributed by atoms with van der Waals surface area (Å²) in [5.74, 6) is -1.42. The van der Waals surface area contributed by atoms with Crippen LogP contribution in [-0.2, 0) is 11.2 Å². The molecular formula is C27H23Cl2F3N6O3. The van der Waals surface area contributed by atoms with E-state index in [0.29, 0.717) is 17.0 Å². The molecule has 2 aromatic carbocycles. The van der Waals surface area contributed by atoms with Gasteiger partial charge in [0.05, 0.1) is 23.3 Å². The first-order valence-corrected chi connectivity index (χ1v) is 12.3. The molecule has 0 amide bonds. The smallest absolute Gasteiger partial charge is 0.429 e. The van der Waals surface area contributed by atoms with E-state index < -0.39 is 24.3 Å². The summed E-state index contributed by atoms with van der Waals surface area (Å²) in [6.07, 6.45) is -1.16. The van der Waals surface area contributed by atoms with Crippen LogP contribution in [0.3, 0.4) is 0 Å². The summed E-state index contributed by atoms with van der Waals surface area (Å²) in [6.45, 7) is 1.72. The molecule has 0 bridgehead atoms. The Kier molecular flexibility index (Phi) is 8.57. The Hall–Kier alpha value is -4.13. The maximum atomic E-state index is 14.5. The van der Waals surface area contributed by atoms with E-state index in [4.69, 9.17) is 27.2 Å². The van der Waals surface area contributed by atoms with Crippen LogP contribution in [0.2, 0.25) is 5.02 Å². The molecule has 2 unspecified atom stereocenters. The van der Waals surface area contributed by atoms with Crippen molar-refractivity contribution in [2.24, 2.45) is 5.73 Å². The molecule has 0 radical (unpaired) electrons. The Morgan fingerprint density at radius 2 is 1.85 bits per heavy atom. The van der Waals surface area contributed by atoms with Gasteiger partial charge in [-0.25, -0.2) is 14.6 Å². The summed E-state index contributed by atoms with van der Waals surface area (Å²) in [7, 11) is 0. The Balaban J connectivity index is 0.00000387. The lowest BCUT2D eigenvalue weighted by atomic mass is 10.0. The third kappa shape index (κ3) is 6.29. The second-order valence-electron chi connectivity index (χ2n) is 9.06. The van der Waals surface area contributed by atoms with E-state index in [1.165, 1.54) is 35.3 Å². The summed E-state index contributed by atoms with van der Waals surface area (Å²) < 4.78 is 51.8. The number of fused-ring (bicyclic) bond motifs is 1. The van der Waals surface area contributed by atoms with E-state index in [0.717, 1.165) is 5.56 Å². The van der Waals surface area contributed by atoms with Crippen LogP contribution in [0, 0.1) is 6.92 Å². The Bertz CT molecular complexity index is 1690. The van der Waals surface area contributed by atoms with Gasteiger partial charge in [-0.2, -0.15) is 18.3 Å². The molecule has 9 nitrogen and oxygen atoms in total. The van der Waals surface area contributed by atoms with E-state index >= 15 is 0 Å². The lowest BCUT2D eigenvalue weighted by molar-refractivity contribution is -0.198. The lowest BCUT2D eigenvalue weighted by Gasteiger charge is -2.24. The molecule has 0 fully saturated rings. The van der Waals surface area contributed by atoms with Crippen molar-refractivity contribution in [1.82, 2.24) is 24.1 Å². The van der Waals surface area contributed by atoms with Crippen LogP contribution < -0.4 is 10.5 Å². The molecule has 0 aliphatic carbocycles. The molecule has 214 valence electrons. The van der Waals surface area contributed by atoms with Gasteiger partial charge in [-0.1, -0.05) is 41.9 Å². The van der Waals surface area contributed by atoms with Crippen LogP contribution in [-0.4, -0.2) is 47.4 Å². The van der Waals surface area contributed by atoms with Gasteiger partial charge in [-0.05, 0) is 37.1 Å². The molecule has 3 heterocycles. The zero-order chi connectivity index (χ0) is 28.6. The normalized spacial score (nSPS) is 13.0. The van der Waals surface area contributed by atoms with Crippen molar-refractivity contribution in [3.8, 4) is 22.8 Å². The fourth-order valence-electron chi connectivity index (χ4n) is 4.25. The summed E-state index contributed by atoms with van der Waals surface area (Å²) >= 11 is 6.12. The van der Waals surface area contributed by atoms with Gasteiger partial charge in [0, 0.05) is 34.7 Å². The number of aliphatic carboxylic acids is 1. The summed E-state index contributed by atoms with van der Waals surface area (Å²) in [6, 6.07) is 11.6. The number of halogens is 5. The molecule has 0 aliphatic rings. The number of nitrogens with zero attached hydrogens (tertiary/aromatic N) is 5. The Labute approximate surface area is 242 Å². The van der Waals surface area contributed by atoms with Crippen LogP contribution in [0.25, 0.3) is 22.6 Å². The number of aryl methyl sites for hydroxylation is 1. The fraction of sp³-hybridized carbons (Fsp3) is 0.185. The highest BCUT2D eigenvalue weighted by Crippen LogP contribution is 2.40. The van der Waals surface area contributed by atoms with Crippen LogP contribution in [0.5, 0.6) is 5.88 Å². The molecule has 2 atom stereocenters. The zero-order valence-corrected chi connectivity index (χ0v) is 22.9. The molecule has 3 aromatic heterocycles. The largest absolute Gasteiger partial charge is 0.480 e.